The summed E-state index contributed by atoms with van der Waals surface area (Å²) in [7, 11) is 0. The number of hydrogen-bond acceptors (Lipinski definition) is 4. The summed E-state index contributed by atoms with van der Waals surface area (Å²) in [6.07, 6.45) is 0. The molecule has 0 saturated carbocycles. The van der Waals surface area contributed by atoms with Crippen LogP contribution >= 0.6 is 0 Å². The minimum Gasteiger partial charge on any atom is -0.456 e. The summed E-state index contributed by atoms with van der Waals surface area (Å²) >= 11 is 0. The van der Waals surface area contributed by atoms with Crippen LogP contribution in [0.25, 0.3) is 106 Å². The first-order valence-corrected chi connectivity index (χ1v) is 18.8. The monoisotopic (exact) mass is 716 g/mol. The van der Waals surface area contributed by atoms with E-state index in [2.05, 4.69) is 132 Å². The Morgan fingerprint density at radius 3 is 1.52 bits per heavy atom. The van der Waals surface area contributed by atoms with Crippen molar-refractivity contribution in [1.29, 1.82) is 0 Å². The molecule has 0 atom stereocenters. The first-order chi connectivity index (χ1) is 27.8. The number of fused-ring (bicyclic) bond motifs is 6. The minimum absolute atomic E-state index is 0.594. The summed E-state index contributed by atoms with van der Waals surface area (Å²) in [6.45, 7) is 0. The Balaban J connectivity index is 1.04. The molecule has 11 aromatic rings. The van der Waals surface area contributed by atoms with E-state index in [9.17, 15) is 0 Å². The molecule has 0 radical (unpaired) electrons. The van der Waals surface area contributed by atoms with Crippen LogP contribution in [0.1, 0.15) is 0 Å². The lowest BCUT2D eigenvalue weighted by molar-refractivity contribution is 0.669. The van der Waals surface area contributed by atoms with Gasteiger partial charge >= 0.3 is 0 Å². The van der Waals surface area contributed by atoms with Crippen molar-refractivity contribution in [3.8, 4) is 62.1 Å². The zero-order valence-electron chi connectivity index (χ0n) is 30.2. The van der Waals surface area contributed by atoms with Crippen molar-refractivity contribution in [2.24, 2.45) is 0 Å². The van der Waals surface area contributed by atoms with Crippen molar-refractivity contribution in [3.05, 3.63) is 194 Å². The molecule has 0 spiro atoms. The maximum atomic E-state index is 6.66. The molecule has 0 aliphatic carbocycles. The van der Waals surface area contributed by atoms with Crippen LogP contribution in [0.15, 0.2) is 199 Å². The van der Waals surface area contributed by atoms with Gasteiger partial charge in [-0.3, -0.25) is 0 Å². The summed E-state index contributed by atoms with van der Waals surface area (Å²) in [5.41, 5.74) is 12.4. The highest BCUT2D eigenvalue weighted by Gasteiger charge is 2.19. The van der Waals surface area contributed by atoms with Gasteiger partial charge in [-0.2, -0.15) is 0 Å². The quantitative estimate of drug-likeness (QED) is 0.172. The van der Waals surface area contributed by atoms with Crippen LogP contribution in [0.5, 0.6) is 0 Å². The fourth-order valence-corrected chi connectivity index (χ4v) is 8.07. The SMILES string of the molecule is c1ccc(-c2nc(-c3ccccc3)nc(-c3ccc4c(c3)oc3cc(-c5ccccc5-c5cccc6c7ccccc7n(-c7ccccc7)c56)ccc34)n2)cc1. The summed E-state index contributed by atoms with van der Waals surface area (Å²) in [4.78, 5) is 14.8. The largest absolute Gasteiger partial charge is 0.456 e. The highest BCUT2D eigenvalue weighted by Crippen LogP contribution is 2.42. The smallest absolute Gasteiger partial charge is 0.164 e. The van der Waals surface area contributed by atoms with Crippen LogP contribution < -0.4 is 0 Å². The summed E-state index contributed by atoms with van der Waals surface area (Å²) in [5, 5.41) is 4.56. The van der Waals surface area contributed by atoms with E-state index in [0.717, 1.165) is 61.0 Å². The molecule has 0 fully saturated rings. The van der Waals surface area contributed by atoms with E-state index in [4.69, 9.17) is 19.4 Å². The van der Waals surface area contributed by atoms with Gasteiger partial charge < -0.3 is 8.98 Å². The third kappa shape index (κ3) is 5.29. The van der Waals surface area contributed by atoms with Gasteiger partial charge in [0, 0.05) is 49.5 Å². The molecule has 0 bridgehead atoms. The van der Waals surface area contributed by atoms with E-state index >= 15 is 0 Å². The summed E-state index contributed by atoms with van der Waals surface area (Å²) in [6, 6.07) is 67.5. The van der Waals surface area contributed by atoms with Gasteiger partial charge in [0.15, 0.2) is 17.5 Å². The van der Waals surface area contributed by atoms with Crippen molar-refractivity contribution in [3.63, 3.8) is 0 Å². The zero-order valence-corrected chi connectivity index (χ0v) is 30.2. The van der Waals surface area contributed by atoms with Gasteiger partial charge in [-0.25, -0.2) is 15.0 Å². The lowest BCUT2D eigenvalue weighted by Crippen LogP contribution is -2.00. The van der Waals surface area contributed by atoms with Gasteiger partial charge in [-0.15, -0.1) is 0 Å². The highest BCUT2D eigenvalue weighted by molar-refractivity contribution is 6.15. The van der Waals surface area contributed by atoms with Gasteiger partial charge in [0.05, 0.1) is 11.0 Å². The van der Waals surface area contributed by atoms with Gasteiger partial charge in [0.25, 0.3) is 0 Å². The number of nitrogens with zero attached hydrogens (tertiary/aromatic N) is 4. The third-order valence-corrected chi connectivity index (χ3v) is 10.7. The van der Waals surface area contributed by atoms with Gasteiger partial charge in [0.2, 0.25) is 0 Å². The van der Waals surface area contributed by atoms with E-state index in [1.165, 1.54) is 27.4 Å². The first-order valence-electron chi connectivity index (χ1n) is 18.8. The Kier molecular flexibility index (Phi) is 7.42. The molecule has 0 amide bonds. The molecule has 5 heteroatoms. The lowest BCUT2D eigenvalue weighted by Gasteiger charge is -2.15. The molecule has 0 aliphatic rings. The van der Waals surface area contributed by atoms with E-state index in [1.54, 1.807) is 0 Å². The average Bonchev–Trinajstić information content (AvgIpc) is 3.82. The number of para-hydroxylation sites is 3. The molecule has 262 valence electrons. The fourth-order valence-electron chi connectivity index (χ4n) is 8.07. The molecule has 5 nitrogen and oxygen atoms in total. The van der Waals surface area contributed by atoms with Gasteiger partial charge in [0.1, 0.15) is 11.2 Å². The number of benzene rings is 8. The maximum absolute atomic E-state index is 6.66. The standard InChI is InChI=1S/C51H32N4O/c1-4-15-33(16-5-1)49-52-50(34-17-6-2-7-18-34)54-51(53-49)36-28-30-42-41-29-27-35(31-46(41)56-47(42)32-36)38-21-10-11-22-39(38)43-24-14-25-44-40-23-12-13-26-45(40)55(48(43)44)37-19-8-3-9-20-37/h1-32H. The second-order valence-electron chi connectivity index (χ2n) is 14.0. The number of hydrogen-bond donors (Lipinski definition) is 0. The molecule has 0 saturated heterocycles. The summed E-state index contributed by atoms with van der Waals surface area (Å²) in [5.74, 6) is 1.85. The molecule has 0 N–H and O–H groups in total. The predicted molar refractivity (Wildman–Crippen MR) is 229 cm³/mol. The molecule has 0 aliphatic heterocycles. The summed E-state index contributed by atoms with van der Waals surface area (Å²) < 4.78 is 9.06. The van der Waals surface area contributed by atoms with Crippen LogP contribution in [-0.4, -0.2) is 19.5 Å². The fraction of sp³-hybridized carbons (Fsp3) is 0. The molecule has 8 aromatic carbocycles. The Morgan fingerprint density at radius 1 is 0.339 bits per heavy atom. The average molecular weight is 717 g/mol. The van der Waals surface area contributed by atoms with Crippen LogP contribution in [-0.2, 0) is 0 Å². The Morgan fingerprint density at radius 2 is 0.839 bits per heavy atom. The minimum atomic E-state index is 0.594. The Labute approximate surface area is 322 Å². The Hall–Kier alpha value is -7.63. The third-order valence-electron chi connectivity index (χ3n) is 10.7. The second kappa shape index (κ2) is 13.0. The van der Waals surface area contributed by atoms with Crippen molar-refractivity contribution >= 4 is 43.7 Å². The normalized spacial score (nSPS) is 11.6. The van der Waals surface area contributed by atoms with Crippen molar-refractivity contribution in [2.75, 3.05) is 0 Å². The Bertz CT molecular complexity index is 3180. The molecule has 3 heterocycles. The lowest BCUT2D eigenvalue weighted by atomic mass is 9.92. The molecule has 56 heavy (non-hydrogen) atoms. The van der Waals surface area contributed by atoms with E-state index in [-0.39, 0.29) is 0 Å². The molecule has 3 aromatic heterocycles. The van der Waals surface area contributed by atoms with Gasteiger partial charge in [-0.05, 0) is 59.2 Å². The number of aromatic nitrogens is 4. The van der Waals surface area contributed by atoms with Crippen LogP contribution in [0.3, 0.4) is 0 Å². The van der Waals surface area contributed by atoms with E-state index in [1.807, 2.05) is 66.7 Å². The second-order valence-corrected chi connectivity index (χ2v) is 14.0. The topological polar surface area (TPSA) is 56.7 Å². The maximum Gasteiger partial charge on any atom is 0.164 e. The highest BCUT2D eigenvalue weighted by atomic mass is 16.3. The van der Waals surface area contributed by atoms with E-state index < -0.39 is 0 Å². The number of rotatable bonds is 6. The van der Waals surface area contributed by atoms with Gasteiger partial charge in [-0.1, -0.05) is 152 Å². The van der Waals surface area contributed by atoms with Crippen molar-refractivity contribution in [1.82, 2.24) is 19.5 Å². The zero-order chi connectivity index (χ0) is 37.0. The molecule has 0 unspecified atom stereocenters. The van der Waals surface area contributed by atoms with E-state index in [0.29, 0.717) is 17.5 Å². The van der Waals surface area contributed by atoms with Crippen LogP contribution in [0.2, 0.25) is 0 Å². The molecule has 11 rings (SSSR count). The van der Waals surface area contributed by atoms with Crippen molar-refractivity contribution in [2.45, 2.75) is 0 Å². The molecular weight excluding hydrogens is 685 g/mol. The van der Waals surface area contributed by atoms with Crippen LogP contribution in [0.4, 0.5) is 0 Å². The predicted octanol–water partition coefficient (Wildman–Crippen LogP) is 13.2. The van der Waals surface area contributed by atoms with Crippen molar-refractivity contribution < 1.29 is 4.42 Å². The molecular formula is C51H32N4O. The number of furan rings is 1. The van der Waals surface area contributed by atoms with Crippen LogP contribution in [0, 0.1) is 0 Å². The first kappa shape index (κ1) is 31.9.